The van der Waals surface area contributed by atoms with Crippen molar-refractivity contribution in [2.45, 2.75) is 47.9 Å². The molecule has 2 saturated heterocycles. The number of carbonyl (C=O) groups excluding carboxylic acids is 1. The molecule has 4 rings (SSSR count). The second kappa shape index (κ2) is 8.78. The van der Waals surface area contributed by atoms with Crippen LogP contribution in [0.4, 0.5) is 0 Å². The monoisotopic (exact) mass is 473 g/mol. The highest BCUT2D eigenvalue weighted by Gasteiger charge is 2.40. The van der Waals surface area contributed by atoms with E-state index < -0.39 is 26.1 Å². The van der Waals surface area contributed by atoms with Gasteiger partial charge < -0.3 is 5.32 Å². The molecule has 0 spiro atoms. The molecule has 1 aromatic rings. The molecule has 166 valence electrons. The Morgan fingerprint density at radius 2 is 1.57 bits per heavy atom. The van der Waals surface area contributed by atoms with Crippen LogP contribution in [0.3, 0.4) is 0 Å². The minimum Gasteiger partial charge on any atom is -0.354 e. The maximum absolute atomic E-state index is 13.1. The molecule has 30 heavy (non-hydrogen) atoms. The maximum atomic E-state index is 13.1. The Morgan fingerprint density at radius 1 is 0.967 bits per heavy atom. The fourth-order valence-electron chi connectivity index (χ4n) is 3.73. The van der Waals surface area contributed by atoms with Gasteiger partial charge in [0.05, 0.1) is 15.7 Å². The molecule has 2 aliphatic heterocycles. The van der Waals surface area contributed by atoms with E-state index in [1.54, 1.807) is 0 Å². The zero-order valence-electron chi connectivity index (χ0n) is 16.7. The molecule has 1 saturated carbocycles. The number of nitrogens with zero attached hydrogens (tertiary/aromatic N) is 2. The van der Waals surface area contributed by atoms with Gasteiger partial charge in [-0.05, 0) is 55.9 Å². The molecular formula is C19H27N3O5S3. The van der Waals surface area contributed by atoms with Crippen LogP contribution in [0.2, 0.25) is 0 Å². The van der Waals surface area contributed by atoms with Crippen molar-refractivity contribution in [1.29, 1.82) is 0 Å². The number of piperidine rings is 1. The van der Waals surface area contributed by atoms with Crippen LogP contribution in [-0.4, -0.2) is 68.7 Å². The van der Waals surface area contributed by atoms with Gasteiger partial charge in [-0.1, -0.05) is 6.42 Å². The van der Waals surface area contributed by atoms with Crippen molar-refractivity contribution in [2.24, 2.45) is 5.92 Å². The van der Waals surface area contributed by atoms with Crippen LogP contribution < -0.4 is 5.32 Å². The zero-order valence-corrected chi connectivity index (χ0v) is 19.1. The van der Waals surface area contributed by atoms with Gasteiger partial charge in [0.15, 0.2) is 0 Å². The van der Waals surface area contributed by atoms with E-state index in [9.17, 15) is 21.6 Å². The number of rotatable bonds is 7. The van der Waals surface area contributed by atoms with Crippen LogP contribution in [0.25, 0.3) is 0 Å². The third-order valence-electron chi connectivity index (χ3n) is 5.79. The van der Waals surface area contributed by atoms with Gasteiger partial charge in [-0.15, -0.1) is 11.8 Å². The molecule has 1 aromatic carbocycles. The highest BCUT2D eigenvalue weighted by molar-refractivity contribution is 8.00. The van der Waals surface area contributed by atoms with Crippen molar-refractivity contribution >= 4 is 37.7 Å². The molecule has 8 nitrogen and oxygen atoms in total. The second-order valence-corrected chi connectivity index (χ2v) is 12.9. The third kappa shape index (κ3) is 4.55. The molecule has 2 heterocycles. The third-order valence-corrected chi connectivity index (χ3v) is 10.7. The molecule has 11 heteroatoms. The van der Waals surface area contributed by atoms with Crippen LogP contribution in [0.1, 0.15) is 32.1 Å². The topological polar surface area (TPSA) is 104 Å². The van der Waals surface area contributed by atoms with Gasteiger partial charge in [-0.3, -0.25) is 4.79 Å². The first-order valence-electron chi connectivity index (χ1n) is 10.3. The van der Waals surface area contributed by atoms with Crippen molar-refractivity contribution in [3.8, 4) is 0 Å². The minimum absolute atomic E-state index is 0.00240. The van der Waals surface area contributed by atoms with Crippen molar-refractivity contribution in [3.63, 3.8) is 0 Å². The fraction of sp³-hybridized carbons (Fsp3) is 0.632. The number of sulfonamides is 2. The molecule has 0 aromatic heterocycles. The van der Waals surface area contributed by atoms with E-state index >= 15 is 0 Å². The summed E-state index contributed by atoms with van der Waals surface area (Å²) in [6.45, 7) is 1.58. The number of nitrogens with one attached hydrogen (secondary N) is 1. The Labute approximate surface area is 182 Å². The number of benzene rings is 1. The van der Waals surface area contributed by atoms with E-state index in [0.717, 1.165) is 32.1 Å². The average molecular weight is 474 g/mol. The summed E-state index contributed by atoms with van der Waals surface area (Å²) < 4.78 is 54.5. The summed E-state index contributed by atoms with van der Waals surface area (Å²) in [6.07, 6.45) is 4.90. The average Bonchev–Trinajstić information content (AvgIpc) is 3.45. The Kier molecular flexibility index (Phi) is 6.45. The lowest BCUT2D eigenvalue weighted by molar-refractivity contribution is -0.123. The van der Waals surface area contributed by atoms with Crippen molar-refractivity contribution < 1.29 is 21.6 Å². The summed E-state index contributed by atoms with van der Waals surface area (Å²) in [5.41, 5.74) is 0. The van der Waals surface area contributed by atoms with Gasteiger partial charge in [0.25, 0.3) is 0 Å². The summed E-state index contributed by atoms with van der Waals surface area (Å²) >= 11 is 1.40. The predicted octanol–water partition coefficient (Wildman–Crippen LogP) is 1.45. The van der Waals surface area contributed by atoms with Crippen LogP contribution in [-0.2, 0) is 24.8 Å². The Morgan fingerprint density at radius 3 is 2.17 bits per heavy atom. The smallest absolute Gasteiger partial charge is 0.244 e. The standard InChI is InChI=1S/C19H27N3O5S3/c23-19(20-12-15-4-5-15)18-13-28-14-22(18)30(26,27)17-8-6-16(7-9-17)29(24,25)21-10-2-1-3-11-21/h6-9,15,18H,1-5,10-14H2,(H,20,23). The summed E-state index contributed by atoms with van der Waals surface area (Å²) in [5, 5.41) is 2.86. The lowest BCUT2D eigenvalue weighted by Gasteiger charge is -2.26. The molecular weight excluding hydrogens is 446 g/mol. The first-order valence-corrected chi connectivity index (χ1v) is 14.3. The van der Waals surface area contributed by atoms with Crippen molar-refractivity contribution in [2.75, 3.05) is 31.3 Å². The normalized spacial score (nSPS) is 24.1. The van der Waals surface area contributed by atoms with Gasteiger partial charge >= 0.3 is 0 Å². The van der Waals surface area contributed by atoms with Gasteiger partial charge in [0.2, 0.25) is 26.0 Å². The highest BCUT2D eigenvalue weighted by Crippen LogP contribution is 2.31. The number of amides is 1. The second-order valence-electron chi connectivity index (χ2n) is 8.03. The summed E-state index contributed by atoms with van der Waals surface area (Å²) in [7, 11) is -7.52. The summed E-state index contributed by atoms with van der Waals surface area (Å²) in [4.78, 5) is 12.6. The number of thioether (sulfide) groups is 1. The lowest BCUT2D eigenvalue weighted by Crippen LogP contribution is -2.47. The number of hydrogen-bond donors (Lipinski definition) is 1. The van der Waals surface area contributed by atoms with E-state index in [-0.39, 0.29) is 21.6 Å². The molecule has 1 unspecified atom stereocenters. The van der Waals surface area contributed by atoms with E-state index in [2.05, 4.69) is 5.32 Å². The molecule has 1 atom stereocenters. The van der Waals surface area contributed by atoms with Crippen LogP contribution in [0.15, 0.2) is 34.1 Å². The van der Waals surface area contributed by atoms with Gasteiger partial charge in [0, 0.05) is 25.4 Å². The lowest BCUT2D eigenvalue weighted by atomic mass is 10.2. The number of carbonyl (C=O) groups is 1. The quantitative estimate of drug-likeness (QED) is 0.643. The zero-order chi connectivity index (χ0) is 21.4. The fourth-order valence-corrected chi connectivity index (χ4v) is 8.39. The van der Waals surface area contributed by atoms with Gasteiger partial charge in [-0.25, -0.2) is 16.8 Å². The number of hydrogen-bond acceptors (Lipinski definition) is 6. The molecule has 0 radical (unpaired) electrons. The largest absolute Gasteiger partial charge is 0.354 e. The van der Waals surface area contributed by atoms with Gasteiger partial charge in [-0.2, -0.15) is 8.61 Å². The highest BCUT2D eigenvalue weighted by atomic mass is 32.2. The first kappa shape index (κ1) is 22.1. The van der Waals surface area contributed by atoms with E-state index in [0.29, 0.717) is 31.3 Å². The molecule has 0 bridgehead atoms. The molecule has 1 aliphatic carbocycles. The first-order chi connectivity index (χ1) is 14.3. The summed E-state index contributed by atoms with van der Waals surface area (Å²) in [5.74, 6) is 0.872. The maximum Gasteiger partial charge on any atom is 0.244 e. The van der Waals surface area contributed by atoms with Crippen LogP contribution >= 0.6 is 11.8 Å². The van der Waals surface area contributed by atoms with Gasteiger partial charge in [0.1, 0.15) is 6.04 Å². The van der Waals surface area contributed by atoms with Crippen molar-refractivity contribution in [3.05, 3.63) is 24.3 Å². The molecule has 3 fully saturated rings. The Bertz CT molecular complexity index is 985. The van der Waals surface area contributed by atoms with Crippen LogP contribution in [0.5, 0.6) is 0 Å². The molecule has 1 amide bonds. The SMILES string of the molecule is O=C(NCC1CC1)C1CSCN1S(=O)(=O)c1ccc(S(=O)(=O)N2CCCCC2)cc1. The minimum atomic E-state index is -3.90. The molecule has 1 N–H and O–H groups in total. The van der Waals surface area contributed by atoms with Crippen LogP contribution in [0, 0.1) is 5.92 Å². The van der Waals surface area contributed by atoms with Crippen molar-refractivity contribution in [1.82, 2.24) is 13.9 Å². The summed E-state index contributed by atoms with van der Waals surface area (Å²) in [6, 6.07) is 4.61. The van der Waals surface area contributed by atoms with E-state index in [4.69, 9.17) is 0 Å². The Balaban J connectivity index is 1.50. The molecule has 3 aliphatic rings. The van der Waals surface area contributed by atoms with E-state index in [1.165, 1.54) is 44.6 Å². The predicted molar refractivity (Wildman–Crippen MR) is 115 cm³/mol. The van der Waals surface area contributed by atoms with E-state index in [1.807, 2.05) is 0 Å². The Hall–Kier alpha value is -1.14.